The number of fused-ring (bicyclic) bond motifs is 17. The van der Waals surface area contributed by atoms with Crippen molar-refractivity contribution in [1.82, 2.24) is 0 Å². The molecule has 2 atom stereocenters. The number of hydrogen-bond donors (Lipinski definition) is 0. The van der Waals surface area contributed by atoms with Crippen molar-refractivity contribution in [2.24, 2.45) is 23.7 Å². The predicted octanol–water partition coefficient (Wildman–Crippen LogP) is 22.7. The number of benzene rings is 13. The molecule has 530 valence electrons. The molecule has 2 unspecified atom stereocenters. The van der Waals surface area contributed by atoms with Gasteiger partial charge in [-0.1, -0.05) is 279 Å². The normalized spacial score (nSPS) is 18.9. The van der Waals surface area contributed by atoms with Gasteiger partial charge in [-0.25, -0.2) is 0 Å². The molecule has 0 N–H and O–H groups in total. The van der Waals surface area contributed by atoms with Crippen molar-refractivity contribution >= 4 is 126 Å². The minimum absolute atomic E-state index is 0.0895. The molecule has 1 spiro atoms. The Labute approximate surface area is 643 Å². The van der Waals surface area contributed by atoms with Gasteiger partial charge in [0.15, 0.2) is 0 Å². The quantitative estimate of drug-likeness (QED) is 0.134. The molecule has 3 saturated carbocycles. The zero-order chi connectivity index (χ0) is 72.2. The van der Waals surface area contributed by atoms with Crippen molar-refractivity contribution < 1.29 is 4.74 Å². The van der Waals surface area contributed by atoms with E-state index in [-0.39, 0.29) is 18.8 Å². The highest BCUT2D eigenvalue weighted by atomic mass is 16.5. The van der Waals surface area contributed by atoms with Gasteiger partial charge in [0, 0.05) is 74.7 Å². The van der Waals surface area contributed by atoms with Gasteiger partial charge in [-0.05, 0) is 217 Å². The van der Waals surface area contributed by atoms with Crippen LogP contribution in [0.4, 0.5) is 79.6 Å². The summed E-state index contributed by atoms with van der Waals surface area (Å²) in [5.41, 5.74) is 32.7. The van der Waals surface area contributed by atoms with Crippen molar-refractivity contribution in [1.29, 1.82) is 0 Å². The Kier molecular flexibility index (Phi) is 15.2. The van der Waals surface area contributed by atoms with Gasteiger partial charge in [0.25, 0.3) is 13.4 Å². The smallest absolute Gasteiger partial charge is 0.256 e. The second kappa shape index (κ2) is 25.5. The van der Waals surface area contributed by atoms with Gasteiger partial charge in [0.2, 0.25) is 0 Å². The molecular weight excluding hydrogens is 1320 g/mol. The summed E-state index contributed by atoms with van der Waals surface area (Å²) >= 11 is 0. The summed E-state index contributed by atoms with van der Waals surface area (Å²) in [4.78, 5) is 13.6. The largest absolute Gasteiger partial charge is 0.458 e. The molecule has 3 fully saturated rings. The fraction of sp³-hybridized carbons (Fsp3) is 0.228. The molecule has 8 heteroatoms. The van der Waals surface area contributed by atoms with E-state index in [0.29, 0.717) is 29.7 Å². The Bertz CT molecular complexity index is 5620. The number of hydrogen-bond acceptors (Lipinski definition) is 6. The van der Waals surface area contributed by atoms with Gasteiger partial charge < -0.3 is 29.2 Å². The molecule has 13 aromatic carbocycles. The third-order valence-corrected chi connectivity index (χ3v) is 27.1. The molecular formula is C101H89B2N5O. The SMILES string of the molecule is CC(C)(C)c1cc2c3c(c1)N(C1C(C4CCCCC4)CCCC1C1CCCCC1)c1cc4c(cc1B3c1ccccc1N2c1ccccc1)C1(c2ccccc2-c2ccccc21)c1cc2c(cc1N4c1ccccc1)N(c1ccccc1)c1cc(N(c3ccccc3)c3ccccc3)cc3c1B2c1ccccc1O3. The molecule has 22 rings (SSSR count). The van der Waals surface area contributed by atoms with Crippen LogP contribution in [0.5, 0.6) is 11.5 Å². The van der Waals surface area contributed by atoms with Crippen LogP contribution in [0.1, 0.15) is 132 Å². The zero-order valence-corrected chi connectivity index (χ0v) is 62.7. The van der Waals surface area contributed by atoms with Gasteiger partial charge >= 0.3 is 0 Å². The lowest BCUT2D eigenvalue weighted by Crippen LogP contribution is -2.65. The van der Waals surface area contributed by atoms with Crippen LogP contribution < -0.4 is 62.0 Å². The first-order valence-electron chi connectivity index (χ1n) is 40.8. The van der Waals surface area contributed by atoms with Crippen LogP contribution in [-0.4, -0.2) is 19.5 Å². The fourth-order valence-corrected chi connectivity index (χ4v) is 22.6. The Morgan fingerprint density at radius 1 is 0.330 bits per heavy atom. The maximum Gasteiger partial charge on any atom is 0.256 e. The first kappa shape index (κ1) is 64.9. The highest BCUT2D eigenvalue weighted by Gasteiger charge is 2.57. The van der Waals surface area contributed by atoms with E-state index in [9.17, 15) is 0 Å². The Balaban J connectivity index is 0.880. The van der Waals surface area contributed by atoms with Crippen LogP contribution in [-0.2, 0) is 10.8 Å². The van der Waals surface area contributed by atoms with Gasteiger partial charge in [-0.15, -0.1) is 0 Å². The van der Waals surface area contributed by atoms with Crippen molar-refractivity contribution in [2.75, 3.05) is 24.5 Å². The standard InChI is InChI=1S/C101H89B2N5O/c1-100(2,3)68-58-92-97-93(59-68)108(99-75(66-34-11-4-12-35-66)50-33-51-76(99)67-36-13-5-14-37-67)91-65-89-82(63-86(91)102(97)83-54-29-31-56-87(83)105(92)71-42-19-8-20-43-71)101(79-52-27-25-48-77(79)78-49-26-28-53-80(78)101)81-62-85-90(64-88(81)106(89)72-44-21-9-22-45-72)107(73-46-23-10-24-47-73)94-60-74(61-96-98(94)103(85)84-55-30-32-57-95(84)109-96)104(69-38-15-6-16-39-69)70-40-17-7-18-41-70/h6-10,15-32,38-49,52-67,75-76,99H,4-5,11-14,33-37,50-51H2,1-3H3. The number of rotatable bonds is 9. The maximum absolute atomic E-state index is 7.46. The zero-order valence-electron chi connectivity index (χ0n) is 62.7. The molecule has 0 amide bonds. The van der Waals surface area contributed by atoms with E-state index in [1.807, 2.05) is 0 Å². The van der Waals surface area contributed by atoms with E-state index in [4.69, 9.17) is 4.74 Å². The molecule has 6 nitrogen and oxygen atoms in total. The van der Waals surface area contributed by atoms with E-state index < -0.39 is 5.41 Å². The number of para-hydroxylation sites is 7. The van der Waals surface area contributed by atoms with Crippen LogP contribution in [0.3, 0.4) is 0 Å². The van der Waals surface area contributed by atoms with E-state index in [0.717, 1.165) is 62.2 Å². The molecule has 13 aromatic rings. The van der Waals surface area contributed by atoms with Crippen molar-refractivity contribution in [2.45, 2.75) is 121 Å². The second-order valence-corrected chi connectivity index (χ2v) is 33.8. The minimum atomic E-state index is -0.817. The number of anilines is 14. The van der Waals surface area contributed by atoms with Crippen LogP contribution >= 0.6 is 0 Å². The molecule has 0 aromatic heterocycles. The van der Waals surface area contributed by atoms with Gasteiger partial charge in [-0.2, -0.15) is 0 Å². The Morgan fingerprint density at radius 2 is 0.780 bits per heavy atom. The second-order valence-electron chi connectivity index (χ2n) is 33.8. The summed E-state index contributed by atoms with van der Waals surface area (Å²) in [5, 5.41) is 0. The fourth-order valence-electron chi connectivity index (χ4n) is 22.6. The summed E-state index contributed by atoms with van der Waals surface area (Å²) in [6.07, 6.45) is 17.2. The monoisotopic (exact) mass is 1410 g/mol. The van der Waals surface area contributed by atoms with Gasteiger partial charge in [-0.3, -0.25) is 0 Å². The number of nitrogens with zero attached hydrogens (tertiary/aromatic N) is 5. The molecule has 5 aliphatic heterocycles. The third-order valence-electron chi connectivity index (χ3n) is 27.1. The molecule has 0 bridgehead atoms. The summed E-state index contributed by atoms with van der Waals surface area (Å²) in [7, 11) is 0. The molecule has 5 heterocycles. The van der Waals surface area contributed by atoms with E-state index in [2.05, 4.69) is 343 Å². The Morgan fingerprint density at radius 3 is 1.35 bits per heavy atom. The Hall–Kier alpha value is -11.2. The van der Waals surface area contributed by atoms with Crippen LogP contribution in [0.2, 0.25) is 0 Å². The lowest BCUT2D eigenvalue weighted by Gasteiger charge is -2.55. The molecule has 0 radical (unpaired) electrons. The van der Waals surface area contributed by atoms with Crippen LogP contribution in [0.15, 0.2) is 297 Å². The van der Waals surface area contributed by atoms with Crippen LogP contribution in [0.25, 0.3) is 11.1 Å². The lowest BCUT2D eigenvalue weighted by atomic mass is 9.33. The number of ether oxygens (including phenoxy) is 1. The van der Waals surface area contributed by atoms with Crippen molar-refractivity contribution in [3.63, 3.8) is 0 Å². The first-order chi connectivity index (χ1) is 53.8. The van der Waals surface area contributed by atoms with E-state index in [1.165, 1.54) is 184 Å². The summed E-state index contributed by atoms with van der Waals surface area (Å²) in [6, 6.07) is 115. The van der Waals surface area contributed by atoms with Crippen molar-refractivity contribution in [3.05, 3.63) is 325 Å². The molecule has 0 saturated heterocycles. The highest BCUT2D eigenvalue weighted by Crippen LogP contribution is 2.66. The van der Waals surface area contributed by atoms with E-state index in [1.54, 1.807) is 0 Å². The predicted molar refractivity (Wildman–Crippen MR) is 457 cm³/mol. The molecule has 9 aliphatic rings. The van der Waals surface area contributed by atoms with Crippen molar-refractivity contribution in [3.8, 4) is 22.6 Å². The first-order valence-corrected chi connectivity index (χ1v) is 40.8. The average Bonchev–Trinajstić information content (AvgIpc) is 1.63. The average molecular weight is 1410 g/mol. The van der Waals surface area contributed by atoms with Crippen LogP contribution in [0, 0.1) is 23.7 Å². The topological polar surface area (TPSA) is 25.4 Å². The molecule has 4 aliphatic carbocycles. The summed E-state index contributed by atoms with van der Waals surface area (Å²) in [6.45, 7) is 7.08. The molecule has 109 heavy (non-hydrogen) atoms. The minimum Gasteiger partial charge on any atom is -0.458 e. The lowest BCUT2D eigenvalue weighted by molar-refractivity contribution is 0.0839. The summed E-state index contributed by atoms with van der Waals surface area (Å²) < 4.78 is 7.46. The maximum atomic E-state index is 7.46. The van der Waals surface area contributed by atoms with E-state index >= 15 is 0 Å². The summed E-state index contributed by atoms with van der Waals surface area (Å²) in [5.74, 6) is 4.18. The van der Waals surface area contributed by atoms with Gasteiger partial charge in [0.05, 0.1) is 22.5 Å². The van der Waals surface area contributed by atoms with Gasteiger partial charge in [0.1, 0.15) is 11.5 Å². The highest BCUT2D eigenvalue weighted by molar-refractivity contribution is 7.00. The third kappa shape index (κ3) is 9.87.